The molecule has 3 aromatic carbocycles. The fourth-order valence-electron chi connectivity index (χ4n) is 4.38. The van der Waals surface area contributed by atoms with E-state index in [4.69, 9.17) is 34.8 Å². The van der Waals surface area contributed by atoms with Crippen LogP contribution in [0.25, 0.3) is 0 Å². The zero-order valence-corrected chi connectivity index (χ0v) is 26.3. The maximum Gasteiger partial charge on any atom is 0.264 e. The van der Waals surface area contributed by atoms with Gasteiger partial charge < -0.3 is 10.2 Å². The zero-order chi connectivity index (χ0) is 30.2. The van der Waals surface area contributed by atoms with Gasteiger partial charge in [0.25, 0.3) is 10.0 Å². The lowest BCUT2D eigenvalue weighted by Gasteiger charge is -2.34. The fraction of sp³-hybridized carbons (Fsp3) is 0.333. The summed E-state index contributed by atoms with van der Waals surface area (Å²) in [6, 6.07) is 16.8. The van der Waals surface area contributed by atoms with Gasteiger partial charge in [-0.3, -0.25) is 13.9 Å². The highest BCUT2D eigenvalue weighted by Gasteiger charge is 2.34. The number of anilines is 1. The number of amides is 2. The van der Waals surface area contributed by atoms with E-state index in [9.17, 15) is 18.0 Å². The molecule has 0 aliphatic heterocycles. The van der Waals surface area contributed by atoms with E-state index in [0.29, 0.717) is 32.7 Å². The number of halogens is 3. The number of hydrogen-bond acceptors (Lipinski definition) is 4. The van der Waals surface area contributed by atoms with Gasteiger partial charge >= 0.3 is 0 Å². The molecule has 0 unspecified atom stereocenters. The van der Waals surface area contributed by atoms with E-state index in [0.717, 1.165) is 17.1 Å². The minimum absolute atomic E-state index is 0.0113. The molecule has 220 valence electrons. The molecule has 2 amide bonds. The molecule has 0 heterocycles. The third-order valence-corrected chi connectivity index (χ3v) is 9.62. The lowest BCUT2D eigenvalue weighted by atomic mass is 10.1. The average molecular weight is 639 g/mol. The van der Waals surface area contributed by atoms with E-state index < -0.39 is 28.5 Å². The molecule has 0 aromatic heterocycles. The first-order valence-corrected chi connectivity index (χ1v) is 15.9. The Balaban J connectivity index is 2.11. The number of nitrogens with zero attached hydrogens (tertiary/aromatic N) is 2. The van der Waals surface area contributed by atoms with Crippen LogP contribution in [0.3, 0.4) is 0 Å². The number of rotatable bonds is 13. The van der Waals surface area contributed by atoms with Gasteiger partial charge in [-0.1, -0.05) is 85.4 Å². The summed E-state index contributed by atoms with van der Waals surface area (Å²) in [5.41, 5.74) is 1.21. The largest absolute Gasteiger partial charge is 0.354 e. The number of hydrogen-bond donors (Lipinski definition) is 1. The minimum Gasteiger partial charge on any atom is -0.354 e. The molecule has 0 spiro atoms. The summed E-state index contributed by atoms with van der Waals surface area (Å²) < 4.78 is 29.0. The van der Waals surface area contributed by atoms with Crippen molar-refractivity contribution in [1.82, 2.24) is 10.2 Å². The molecule has 0 bridgehead atoms. The quantitative estimate of drug-likeness (QED) is 0.207. The van der Waals surface area contributed by atoms with Crippen molar-refractivity contribution in [3.05, 3.63) is 92.9 Å². The van der Waals surface area contributed by atoms with Crippen LogP contribution in [0, 0.1) is 6.92 Å². The Morgan fingerprint density at radius 1 is 0.878 bits per heavy atom. The van der Waals surface area contributed by atoms with Gasteiger partial charge in [0, 0.05) is 33.7 Å². The Morgan fingerprint density at radius 2 is 1.49 bits per heavy atom. The second-order valence-corrected chi connectivity index (χ2v) is 12.6. The van der Waals surface area contributed by atoms with Crippen LogP contribution in [-0.2, 0) is 26.2 Å². The first-order chi connectivity index (χ1) is 19.5. The Morgan fingerprint density at radius 3 is 2.10 bits per heavy atom. The predicted molar refractivity (Wildman–Crippen MR) is 166 cm³/mol. The van der Waals surface area contributed by atoms with Gasteiger partial charge in [-0.2, -0.15) is 0 Å². The summed E-state index contributed by atoms with van der Waals surface area (Å²) in [5, 5.41) is 3.91. The number of sulfonamides is 1. The second-order valence-electron chi connectivity index (χ2n) is 9.50. The van der Waals surface area contributed by atoms with Crippen LogP contribution in [-0.4, -0.2) is 44.3 Å². The molecule has 11 heteroatoms. The van der Waals surface area contributed by atoms with Gasteiger partial charge in [0.1, 0.15) is 12.6 Å². The highest BCUT2D eigenvalue weighted by atomic mass is 35.5. The van der Waals surface area contributed by atoms with Crippen molar-refractivity contribution in [3.63, 3.8) is 0 Å². The first-order valence-electron chi connectivity index (χ1n) is 13.4. The first kappa shape index (κ1) is 32.7. The Hall–Kier alpha value is -2.78. The highest BCUT2D eigenvalue weighted by Crippen LogP contribution is 2.32. The molecule has 0 saturated heterocycles. The third kappa shape index (κ3) is 7.95. The van der Waals surface area contributed by atoms with Gasteiger partial charge in [-0.15, -0.1) is 0 Å². The molecule has 0 aliphatic rings. The van der Waals surface area contributed by atoms with Crippen LogP contribution < -0.4 is 9.62 Å². The maximum atomic E-state index is 14.2. The minimum atomic E-state index is -4.21. The Bertz CT molecular complexity index is 1450. The van der Waals surface area contributed by atoms with Gasteiger partial charge in [-0.25, -0.2) is 8.42 Å². The molecule has 0 fully saturated rings. The summed E-state index contributed by atoms with van der Waals surface area (Å²) in [4.78, 5) is 28.9. The number of benzene rings is 3. The maximum absolute atomic E-state index is 14.2. The Kier molecular flexibility index (Phi) is 11.9. The molecule has 3 rings (SSSR count). The molecule has 3 aromatic rings. The van der Waals surface area contributed by atoms with Gasteiger partial charge in [0.2, 0.25) is 11.8 Å². The number of carbonyl (C=O) groups excluding carboxylic acids is 2. The van der Waals surface area contributed by atoms with E-state index in [1.54, 1.807) is 68.4 Å². The van der Waals surface area contributed by atoms with Crippen molar-refractivity contribution in [1.29, 1.82) is 0 Å². The van der Waals surface area contributed by atoms with Gasteiger partial charge in [0.15, 0.2) is 0 Å². The summed E-state index contributed by atoms with van der Waals surface area (Å²) in [6.45, 7) is 5.27. The molecule has 0 aliphatic carbocycles. The highest BCUT2D eigenvalue weighted by molar-refractivity contribution is 7.92. The number of carbonyl (C=O) groups is 2. The van der Waals surface area contributed by atoms with Crippen LogP contribution >= 0.6 is 34.8 Å². The van der Waals surface area contributed by atoms with Crippen molar-refractivity contribution in [2.45, 2.75) is 57.5 Å². The van der Waals surface area contributed by atoms with E-state index >= 15 is 0 Å². The van der Waals surface area contributed by atoms with Crippen molar-refractivity contribution < 1.29 is 18.0 Å². The lowest BCUT2D eigenvalue weighted by Crippen LogP contribution is -2.52. The van der Waals surface area contributed by atoms with Crippen LogP contribution in [0.5, 0.6) is 0 Å². The average Bonchev–Trinajstić information content (AvgIpc) is 2.95. The molecule has 0 saturated carbocycles. The van der Waals surface area contributed by atoms with E-state index in [-0.39, 0.29) is 29.5 Å². The fourth-order valence-corrected chi connectivity index (χ4v) is 6.56. The summed E-state index contributed by atoms with van der Waals surface area (Å²) in [7, 11) is -4.21. The standard InChI is InChI=1S/C30H34Cl3N3O4S/c1-4-6-18-34-30(38)27(5-2)35(19-23-25(32)15-10-16-26(23)33)29(37)20-36(28-17-11-14-24(31)21(28)3)41(39,40)22-12-8-7-9-13-22/h7-17,27H,4-6,18-20H2,1-3H3,(H,34,38)/t27-/m0/s1. The van der Waals surface area contributed by atoms with E-state index in [2.05, 4.69) is 5.32 Å². The van der Waals surface area contributed by atoms with Crippen LogP contribution in [0.4, 0.5) is 5.69 Å². The number of unbranched alkanes of at least 4 members (excludes halogenated alkanes) is 1. The molecule has 7 nitrogen and oxygen atoms in total. The molecule has 0 radical (unpaired) electrons. The normalized spacial score (nSPS) is 12.0. The smallest absolute Gasteiger partial charge is 0.264 e. The monoisotopic (exact) mass is 637 g/mol. The third-order valence-electron chi connectivity index (χ3n) is 6.72. The van der Waals surface area contributed by atoms with E-state index in [1.165, 1.54) is 17.0 Å². The Labute approximate surface area is 257 Å². The summed E-state index contributed by atoms with van der Waals surface area (Å²) in [5.74, 6) is -0.939. The van der Waals surface area contributed by atoms with Crippen LogP contribution in [0.2, 0.25) is 15.1 Å². The lowest BCUT2D eigenvalue weighted by molar-refractivity contribution is -0.140. The molecular weight excluding hydrogens is 605 g/mol. The summed E-state index contributed by atoms with van der Waals surface area (Å²) in [6.07, 6.45) is 1.96. The molecule has 41 heavy (non-hydrogen) atoms. The second kappa shape index (κ2) is 14.9. The SMILES string of the molecule is CCCCNC(=O)[C@H](CC)N(Cc1c(Cl)cccc1Cl)C(=O)CN(c1cccc(Cl)c1C)S(=O)(=O)c1ccccc1. The molecule has 1 atom stereocenters. The molecular formula is C30H34Cl3N3O4S. The van der Waals surface area contributed by atoms with Crippen LogP contribution in [0.1, 0.15) is 44.2 Å². The topological polar surface area (TPSA) is 86.8 Å². The van der Waals surface area contributed by atoms with Crippen molar-refractivity contribution in [2.75, 3.05) is 17.4 Å². The summed E-state index contributed by atoms with van der Waals surface area (Å²) >= 11 is 19.3. The van der Waals surface area contributed by atoms with Crippen molar-refractivity contribution in [3.8, 4) is 0 Å². The molecule has 1 N–H and O–H groups in total. The number of nitrogens with one attached hydrogen (secondary N) is 1. The van der Waals surface area contributed by atoms with Gasteiger partial charge in [0.05, 0.1) is 10.6 Å². The van der Waals surface area contributed by atoms with Crippen molar-refractivity contribution >= 4 is 62.3 Å². The van der Waals surface area contributed by atoms with Crippen LogP contribution in [0.15, 0.2) is 71.6 Å². The van der Waals surface area contributed by atoms with E-state index in [1.807, 2.05) is 6.92 Å². The van der Waals surface area contributed by atoms with Gasteiger partial charge in [-0.05, 0) is 61.7 Å². The zero-order valence-electron chi connectivity index (χ0n) is 23.2. The predicted octanol–water partition coefficient (Wildman–Crippen LogP) is 6.87. The van der Waals surface area contributed by atoms with Crippen molar-refractivity contribution in [2.24, 2.45) is 0 Å².